The maximum absolute atomic E-state index is 14.3. The van der Waals surface area contributed by atoms with E-state index in [9.17, 15) is 18.7 Å². The molecule has 7 nitrogen and oxygen atoms in total. The molecule has 0 spiro atoms. The SMILES string of the molecule is Cc1cccc(COC2CCCC(OCc3nc(-c4cccc(OC(C)(F)C(C)F)c4)oc3C)C2)c1C(=O)O. The standard InChI is InChI=1S/C30H35F2NO6/c1-18-8-5-10-22(27(18)29(34)35)16-36-23-11-7-12-24(15-23)37-17-26-19(2)38-28(33-26)21-9-6-13-25(14-21)39-30(4,32)20(3)31/h5-6,8-10,13-14,20,23-24H,7,11-12,15-17H2,1-4H3,(H,34,35). The maximum atomic E-state index is 14.3. The number of ether oxygens (including phenoxy) is 3. The smallest absolute Gasteiger partial charge is 0.336 e. The Hall–Kier alpha value is -3.30. The number of hydrogen-bond donors (Lipinski definition) is 1. The molecule has 39 heavy (non-hydrogen) atoms. The molecule has 1 saturated carbocycles. The third-order valence-corrected chi connectivity index (χ3v) is 7.08. The van der Waals surface area contributed by atoms with Crippen LogP contribution in [0.5, 0.6) is 5.75 Å². The van der Waals surface area contributed by atoms with Crippen LogP contribution in [0.25, 0.3) is 11.5 Å². The predicted octanol–water partition coefficient (Wildman–Crippen LogP) is 7.12. The van der Waals surface area contributed by atoms with Gasteiger partial charge in [-0.1, -0.05) is 24.3 Å². The fourth-order valence-electron chi connectivity index (χ4n) is 4.65. The molecule has 0 bridgehead atoms. The van der Waals surface area contributed by atoms with Gasteiger partial charge in [0.05, 0.1) is 31.0 Å². The molecule has 0 radical (unpaired) electrons. The van der Waals surface area contributed by atoms with Crippen molar-refractivity contribution in [1.29, 1.82) is 0 Å². The summed E-state index contributed by atoms with van der Waals surface area (Å²) >= 11 is 0. The topological polar surface area (TPSA) is 91.0 Å². The number of carboxylic acids is 1. The molecule has 1 fully saturated rings. The molecule has 4 unspecified atom stereocenters. The van der Waals surface area contributed by atoms with Gasteiger partial charge in [0.2, 0.25) is 5.89 Å². The first-order valence-corrected chi connectivity index (χ1v) is 13.2. The number of aromatic nitrogens is 1. The lowest BCUT2D eigenvalue weighted by Crippen LogP contribution is -2.35. The average Bonchev–Trinajstić information content (AvgIpc) is 3.26. The van der Waals surface area contributed by atoms with Crippen molar-refractivity contribution in [1.82, 2.24) is 4.98 Å². The van der Waals surface area contributed by atoms with Crippen molar-refractivity contribution in [3.05, 3.63) is 70.6 Å². The molecule has 1 N–H and O–H groups in total. The zero-order chi connectivity index (χ0) is 28.2. The maximum Gasteiger partial charge on any atom is 0.336 e. The van der Waals surface area contributed by atoms with Crippen LogP contribution < -0.4 is 4.74 Å². The van der Waals surface area contributed by atoms with Crippen molar-refractivity contribution in [3.63, 3.8) is 0 Å². The van der Waals surface area contributed by atoms with Gasteiger partial charge in [0, 0.05) is 12.5 Å². The number of halogens is 2. The number of benzene rings is 2. The number of alkyl halides is 2. The number of aromatic carboxylic acids is 1. The summed E-state index contributed by atoms with van der Waals surface area (Å²) in [7, 11) is 0. The lowest BCUT2D eigenvalue weighted by molar-refractivity contribution is -0.0985. The highest BCUT2D eigenvalue weighted by Crippen LogP contribution is 2.31. The number of aryl methyl sites for hydroxylation is 2. The third kappa shape index (κ3) is 7.22. The summed E-state index contributed by atoms with van der Waals surface area (Å²) in [6.45, 7) is 6.23. The van der Waals surface area contributed by atoms with Gasteiger partial charge in [0.15, 0.2) is 6.17 Å². The first kappa shape index (κ1) is 28.7. The van der Waals surface area contributed by atoms with E-state index in [4.69, 9.17) is 18.6 Å². The Bertz CT molecular complexity index is 1290. The molecule has 3 aromatic rings. The minimum Gasteiger partial charge on any atom is -0.478 e. The van der Waals surface area contributed by atoms with Gasteiger partial charge in [-0.15, -0.1) is 0 Å². The Labute approximate surface area is 227 Å². The van der Waals surface area contributed by atoms with E-state index < -0.39 is 18.0 Å². The van der Waals surface area contributed by atoms with E-state index >= 15 is 0 Å². The van der Waals surface area contributed by atoms with Crippen molar-refractivity contribution < 1.29 is 37.3 Å². The highest BCUT2D eigenvalue weighted by Gasteiger charge is 2.33. The van der Waals surface area contributed by atoms with Crippen LogP contribution >= 0.6 is 0 Å². The second-order valence-corrected chi connectivity index (χ2v) is 10.2. The molecule has 1 heterocycles. The van der Waals surface area contributed by atoms with Crippen LogP contribution in [-0.4, -0.2) is 40.3 Å². The van der Waals surface area contributed by atoms with Gasteiger partial charge >= 0.3 is 5.97 Å². The minimum absolute atomic E-state index is 0.0265. The zero-order valence-corrected chi connectivity index (χ0v) is 22.7. The molecule has 0 saturated heterocycles. The molecule has 0 amide bonds. The number of nitrogens with zero attached hydrogens (tertiary/aromatic N) is 1. The van der Waals surface area contributed by atoms with E-state index in [1.807, 2.05) is 6.07 Å². The fraction of sp³-hybridized carbons (Fsp3) is 0.467. The molecule has 0 aliphatic heterocycles. The highest BCUT2D eigenvalue weighted by molar-refractivity contribution is 5.91. The largest absolute Gasteiger partial charge is 0.478 e. The highest BCUT2D eigenvalue weighted by atomic mass is 19.2. The first-order valence-electron chi connectivity index (χ1n) is 13.2. The molecule has 4 atom stereocenters. The number of carbonyl (C=O) groups is 1. The van der Waals surface area contributed by atoms with Gasteiger partial charge in [0.1, 0.15) is 17.2 Å². The zero-order valence-electron chi connectivity index (χ0n) is 22.7. The molecule has 4 rings (SSSR count). The van der Waals surface area contributed by atoms with Gasteiger partial charge in [-0.05, 0) is 75.8 Å². The Balaban J connectivity index is 1.34. The van der Waals surface area contributed by atoms with Crippen LogP contribution in [0, 0.1) is 13.8 Å². The van der Waals surface area contributed by atoms with Crippen molar-refractivity contribution in [3.8, 4) is 17.2 Å². The van der Waals surface area contributed by atoms with Gasteiger partial charge in [-0.3, -0.25) is 0 Å². The summed E-state index contributed by atoms with van der Waals surface area (Å²) in [6.07, 6.45) is 1.56. The van der Waals surface area contributed by atoms with Crippen molar-refractivity contribution in [2.75, 3.05) is 0 Å². The van der Waals surface area contributed by atoms with Crippen LogP contribution in [-0.2, 0) is 22.7 Å². The number of oxazole rings is 1. The molecule has 1 aliphatic rings. The molecule has 9 heteroatoms. The minimum atomic E-state index is -2.45. The Morgan fingerprint density at radius 1 is 1.15 bits per heavy atom. The number of rotatable bonds is 11. The van der Waals surface area contributed by atoms with E-state index in [-0.39, 0.29) is 31.2 Å². The van der Waals surface area contributed by atoms with Gasteiger partial charge < -0.3 is 23.7 Å². The normalized spacial score (nSPS) is 19.8. The molecule has 210 valence electrons. The summed E-state index contributed by atoms with van der Waals surface area (Å²) in [6, 6.07) is 11.9. The average molecular weight is 544 g/mol. The summed E-state index contributed by atoms with van der Waals surface area (Å²) in [5.41, 5.74) is 2.91. The van der Waals surface area contributed by atoms with Crippen LogP contribution in [0.2, 0.25) is 0 Å². The first-order chi connectivity index (χ1) is 18.5. The molecular formula is C30H35F2NO6. The Morgan fingerprint density at radius 2 is 1.85 bits per heavy atom. The number of carboxylic acid groups (broad SMARTS) is 1. The number of hydrogen-bond acceptors (Lipinski definition) is 6. The second kappa shape index (κ2) is 12.3. The van der Waals surface area contributed by atoms with Gasteiger partial charge in [-0.25, -0.2) is 14.2 Å². The lowest BCUT2D eigenvalue weighted by atomic mass is 9.94. The quantitative estimate of drug-likeness (QED) is 0.275. The van der Waals surface area contributed by atoms with Gasteiger partial charge in [-0.2, -0.15) is 4.39 Å². The van der Waals surface area contributed by atoms with Crippen molar-refractivity contribution >= 4 is 5.97 Å². The van der Waals surface area contributed by atoms with E-state index in [1.54, 1.807) is 50.2 Å². The van der Waals surface area contributed by atoms with E-state index in [1.165, 1.54) is 0 Å². The second-order valence-electron chi connectivity index (χ2n) is 10.2. The van der Waals surface area contributed by atoms with E-state index in [0.717, 1.165) is 33.1 Å². The monoisotopic (exact) mass is 543 g/mol. The van der Waals surface area contributed by atoms with E-state index in [0.29, 0.717) is 46.0 Å². The van der Waals surface area contributed by atoms with Crippen LogP contribution in [0.4, 0.5) is 8.78 Å². The van der Waals surface area contributed by atoms with Crippen LogP contribution in [0.3, 0.4) is 0 Å². The molecular weight excluding hydrogens is 508 g/mol. The fourth-order valence-corrected chi connectivity index (χ4v) is 4.65. The summed E-state index contributed by atoms with van der Waals surface area (Å²) in [5, 5.41) is 9.55. The van der Waals surface area contributed by atoms with Crippen LogP contribution in [0.1, 0.15) is 72.5 Å². The molecule has 1 aromatic heterocycles. The Morgan fingerprint density at radius 3 is 2.54 bits per heavy atom. The summed E-state index contributed by atoms with van der Waals surface area (Å²) in [4.78, 5) is 16.2. The molecule has 2 aromatic carbocycles. The van der Waals surface area contributed by atoms with Gasteiger partial charge in [0.25, 0.3) is 5.85 Å². The molecule has 1 aliphatic carbocycles. The Kier molecular flexibility index (Phi) is 9.02. The lowest BCUT2D eigenvalue weighted by Gasteiger charge is -2.29. The van der Waals surface area contributed by atoms with Crippen molar-refractivity contribution in [2.45, 2.75) is 90.8 Å². The predicted molar refractivity (Wildman–Crippen MR) is 141 cm³/mol. The summed E-state index contributed by atoms with van der Waals surface area (Å²) < 4.78 is 51.1. The van der Waals surface area contributed by atoms with Crippen LogP contribution in [0.15, 0.2) is 46.9 Å². The van der Waals surface area contributed by atoms with E-state index in [2.05, 4.69) is 4.98 Å². The third-order valence-electron chi connectivity index (χ3n) is 7.08. The summed E-state index contributed by atoms with van der Waals surface area (Å²) in [5.74, 6) is -2.29. The van der Waals surface area contributed by atoms with Crippen molar-refractivity contribution in [2.24, 2.45) is 0 Å².